The van der Waals surface area contributed by atoms with E-state index in [1.165, 1.54) is 41.8 Å². The summed E-state index contributed by atoms with van der Waals surface area (Å²) in [6.07, 6.45) is 6.16. The third-order valence-corrected chi connectivity index (χ3v) is 4.42. The van der Waals surface area contributed by atoms with Crippen molar-refractivity contribution >= 4 is 11.6 Å². The highest BCUT2D eigenvalue weighted by atomic mass is 16.1. The van der Waals surface area contributed by atoms with Gasteiger partial charge >= 0.3 is 0 Å². The number of aromatic nitrogens is 4. The van der Waals surface area contributed by atoms with Crippen molar-refractivity contribution in [3.05, 3.63) is 69.8 Å². The minimum absolute atomic E-state index is 0.234. The standard InChI is InChI=1S/C20H23N5O2/c1-3-4-5-6-15-7-9-16(10-8-15)22-20(27)17-13-21-25(14(17)2)18-11-12-19(26)24-23-18/h7-13H,3-6H2,1-2H3,(H,22,27)(H,24,26). The number of carbonyl (C=O) groups is 1. The van der Waals surface area contributed by atoms with Crippen LogP contribution in [-0.4, -0.2) is 25.9 Å². The average Bonchev–Trinajstić information content (AvgIpc) is 3.05. The summed E-state index contributed by atoms with van der Waals surface area (Å²) in [6.45, 7) is 3.97. The molecule has 1 aromatic carbocycles. The van der Waals surface area contributed by atoms with Crippen molar-refractivity contribution < 1.29 is 4.79 Å². The quantitative estimate of drug-likeness (QED) is 0.629. The highest BCUT2D eigenvalue weighted by molar-refractivity contribution is 6.04. The van der Waals surface area contributed by atoms with Crippen molar-refractivity contribution in [2.24, 2.45) is 0 Å². The minimum Gasteiger partial charge on any atom is -0.322 e. The van der Waals surface area contributed by atoms with E-state index in [1.807, 2.05) is 24.3 Å². The Labute approximate surface area is 157 Å². The number of benzene rings is 1. The van der Waals surface area contributed by atoms with Gasteiger partial charge in [0.15, 0.2) is 5.82 Å². The van der Waals surface area contributed by atoms with Gasteiger partial charge in [-0.1, -0.05) is 31.9 Å². The van der Waals surface area contributed by atoms with Gasteiger partial charge in [0.25, 0.3) is 11.5 Å². The Hall–Kier alpha value is -3.22. The van der Waals surface area contributed by atoms with E-state index in [9.17, 15) is 9.59 Å². The summed E-state index contributed by atoms with van der Waals surface area (Å²) >= 11 is 0. The van der Waals surface area contributed by atoms with Crippen LogP contribution in [-0.2, 0) is 6.42 Å². The van der Waals surface area contributed by atoms with Crippen molar-refractivity contribution in [3.63, 3.8) is 0 Å². The fourth-order valence-corrected chi connectivity index (χ4v) is 2.85. The summed E-state index contributed by atoms with van der Waals surface area (Å²) in [6, 6.07) is 10.9. The van der Waals surface area contributed by atoms with E-state index in [4.69, 9.17) is 0 Å². The van der Waals surface area contributed by atoms with E-state index < -0.39 is 0 Å². The molecule has 0 atom stereocenters. The number of rotatable bonds is 7. The van der Waals surface area contributed by atoms with Gasteiger partial charge in [-0.05, 0) is 43.5 Å². The third-order valence-electron chi connectivity index (χ3n) is 4.42. The average molecular weight is 365 g/mol. The summed E-state index contributed by atoms with van der Waals surface area (Å²) in [5.74, 6) is 0.212. The summed E-state index contributed by atoms with van der Waals surface area (Å²) in [7, 11) is 0. The number of nitrogens with zero attached hydrogens (tertiary/aromatic N) is 3. The molecule has 2 N–H and O–H groups in total. The molecule has 7 nitrogen and oxygen atoms in total. The van der Waals surface area contributed by atoms with Gasteiger partial charge in [-0.3, -0.25) is 9.59 Å². The zero-order valence-electron chi connectivity index (χ0n) is 15.5. The second-order valence-corrected chi connectivity index (χ2v) is 6.44. The molecule has 1 amide bonds. The van der Waals surface area contributed by atoms with Gasteiger partial charge in [0.05, 0.1) is 17.5 Å². The lowest BCUT2D eigenvalue weighted by molar-refractivity contribution is 0.102. The van der Waals surface area contributed by atoms with Gasteiger partial charge < -0.3 is 5.32 Å². The number of aryl methyl sites for hydroxylation is 1. The Kier molecular flexibility index (Phi) is 5.80. The topological polar surface area (TPSA) is 92.7 Å². The number of H-pyrrole nitrogens is 1. The molecule has 140 valence electrons. The van der Waals surface area contributed by atoms with Crippen LogP contribution in [0, 0.1) is 6.92 Å². The van der Waals surface area contributed by atoms with Crippen molar-refractivity contribution in [1.82, 2.24) is 20.0 Å². The first-order chi connectivity index (χ1) is 13.1. The van der Waals surface area contributed by atoms with Crippen LogP contribution in [0.25, 0.3) is 5.82 Å². The molecule has 2 aromatic heterocycles. The predicted molar refractivity (Wildman–Crippen MR) is 104 cm³/mol. The zero-order valence-corrected chi connectivity index (χ0v) is 15.5. The normalized spacial score (nSPS) is 10.7. The Morgan fingerprint density at radius 1 is 1.15 bits per heavy atom. The SMILES string of the molecule is CCCCCc1ccc(NC(=O)c2cnn(-c3ccc(=O)[nH]n3)c2C)cc1. The summed E-state index contributed by atoms with van der Waals surface area (Å²) in [4.78, 5) is 23.7. The maximum atomic E-state index is 12.6. The number of aromatic amines is 1. The van der Waals surface area contributed by atoms with E-state index in [1.54, 1.807) is 13.0 Å². The van der Waals surface area contributed by atoms with E-state index in [2.05, 4.69) is 27.5 Å². The van der Waals surface area contributed by atoms with E-state index in [0.717, 1.165) is 12.1 Å². The van der Waals surface area contributed by atoms with E-state index in [-0.39, 0.29) is 11.5 Å². The molecule has 0 aliphatic rings. The van der Waals surface area contributed by atoms with Gasteiger partial charge in [-0.2, -0.15) is 10.2 Å². The van der Waals surface area contributed by atoms with Crippen LogP contribution in [0.4, 0.5) is 5.69 Å². The molecule has 0 aliphatic heterocycles. The predicted octanol–water partition coefficient (Wildman–Crippen LogP) is 3.25. The van der Waals surface area contributed by atoms with Gasteiger partial charge in [0, 0.05) is 11.8 Å². The monoisotopic (exact) mass is 365 g/mol. The van der Waals surface area contributed by atoms with Crippen LogP contribution in [0.15, 0.2) is 47.4 Å². The number of nitrogens with one attached hydrogen (secondary N) is 2. The lowest BCUT2D eigenvalue weighted by atomic mass is 10.1. The van der Waals surface area contributed by atoms with Gasteiger partial charge in [0.2, 0.25) is 0 Å². The van der Waals surface area contributed by atoms with E-state index in [0.29, 0.717) is 17.1 Å². The van der Waals surface area contributed by atoms with Gasteiger partial charge in [0.1, 0.15) is 0 Å². The van der Waals surface area contributed by atoms with Crippen molar-refractivity contribution in [2.75, 3.05) is 5.32 Å². The Balaban J connectivity index is 1.69. The molecule has 0 saturated heterocycles. The molecular formula is C20H23N5O2. The van der Waals surface area contributed by atoms with Crippen LogP contribution in [0.2, 0.25) is 0 Å². The minimum atomic E-state index is -0.292. The molecule has 2 heterocycles. The fourth-order valence-electron chi connectivity index (χ4n) is 2.85. The van der Waals surface area contributed by atoms with Crippen LogP contribution in [0.3, 0.4) is 0 Å². The molecule has 0 unspecified atom stereocenters. The molecule has 0 spiro atoms. The van der Waals surface area contributed by atoms with Crippen LogP contribution in [0.1, 0.15) is 47.8 Å². The third kappa shape index (κ3) is 4.49. The molecule has 7 heteroatoms. The molecule has 0 bridgehead atoms. The molecule has 0 saturated carbocycles. The number of hydrogen-bond acceptors (Lipinski definition) is 4. The molecule has 27 heavy (non-hydrogen) atoms. The van der Waals surface area contributed by atoms with Crippen molar-refractivity contribution in [3.8, 4) is 5.82 Å². The first-order valence-corrected chi connectivity index (χ1v) is 9.09. The Morgan fingerprint density at radius 2 is 1.93 bits per heavy atom. The van der Waals surface area contributed by atoms with Gasteiger partial charge in [-0.25, -0.2) is 9.78 Å². The second-order valence-electron chi connectivity index (χ2n) is 6.44. The largest absolute Gasteiger partial charge is 0.322 e. The Morgan fingerprint density at radius 3 is 2.59 bits per heavy atom. The summed E-state index contributed by atoms with van der Waals surface area (Å²) < 4.78 is 1.52. The smallest absolute Gasteiger partial charge is 0.264 e. The lowest BCUT2D eigenvalue weighted by Crippen LogP contribution is -2.14. The first-order valence-electron chi connectivity index (χ1n) is 9.09. The highest BCUT2D eigenvalue weighted by Gasteiger charge is 2.16. The van der Waals surface area contributed by atoms with Crippen LogP contribution < -0.4 is 10.9 Å². The van der Waals surface area contributed by atoms with Crippen LogP contribution >= 0.6 is 0 Å². The van der Waals surface area contributed by atoms with Crippen LogP contribution in [0.5, 0.6) is 0 Å². The number of hydrogen-bond donors (Lipinski definition) is 2. The van der Waals surface area contributed by atoms with Crippen molar-refractivity contribution in [1.29, 1.82) is 0 Å². The number of carbonyl (C=O) groups excluding carboxylic acids is 1. The number of amides is 1. The lowest BCUT2D eigenvalue weighted by Gasteiger charge is -2.07. The summed E-state index contributed by atoms with van der Waals surface area (Å²) in [5, 5.41) is 13.4. The molecule has 0 fully saturated rings. The zero-order chi connectivity index (χ0) is 19.2. The molecule has 3 rings (SSSR count). The van der Waals surface area contributed by atoms with E-state index >= 15 is 0 Å². The molecule has 3 aromatic rings. The van der Waals surface area contributed by atoms with Crippen molar-refractivity contribution in [2.45, 2.75) is 39.5 Å². The maximum Gasteiger partial charge on any atom is 0.264 e. The fraction of sp³-hybridized carbons (Fsp3) is 0.300. The van der Waals surface area contributed by atoms with Gasteiger partial charge in [-0.15, -0.1) is 0 Å². The molecule has 0 aliphatic carbocycles. The highest BCUT2D eigenvalue weighted by Crippen LogP contribution is 2.16. The first kappa shape index (κ1) is 18.6. The summed E-state index contributed by atoms with van der Waals surface area (Å²) in [5.41, 5.74) is 2.82. The number of unbranched alkanes of at least 4 members (excludes halogenated alkanes) is 2. The second kappa shape index (κ2) is 8.44. The molecular weight excluding hydrogens is 342 g/mol. The maximum absolute atomic E-state index is 12.6. The number of anilines is 1. The Bertz CT molecular complexity index is 952. The molecule has 0 radical (unpaired) electrons.